The molecule has 1 aromatic heterocycles. The van der Waals surface area contributed by atoms with Crippen molar-refractivity contribution in [3.05, 3.63) is 72.7 Å². The molecule has 58 heavy (non-hydrogen) atoms. The van der Waals surface area contributed by atoms with Crippen LogP contribution in [0.5, 0.6) is 0 Å². The summed E-state index contributed by atoms with van der Waals surface area (Å²) in [5.74, 6) is -0.274. The van der Waals surface area contributed by atoms with Crippen LogP contribution in [0.15, 0.2) is 66.9 Å². The van der Waals surface area contributed by atoms with Crippen LogP contribution >= 0.6 is 0 Å². The number of imidazole rings is 1. The molecule has 5 rings (SSSR count). The van der Waals surface area contributed by atoms with Crippen LogP contribution in [0.25, 0.3) is 33.2 Å². The lowest BCUT2D eigenvalue weighted by Crippen LogP contribution is -2.51. The third kappa shape index (κ3) is 12.8. The van der Waals surface area contributed by atoms with Gasteiger partial charge in [-0.1, -0.05) is 97.4 Å². The number of rotatable bonds is 13. The van der Waals surface area contributed by atoms with E-state index in [0.29, 0.717) is 31.0 Å². The second-order valence-corrected chi connectivity index (χ2v) is 14.0. The molecule has 2 atom stereocenters. The Hall–Kier alpha value is -5.92. The van der Waals surface area contributed by atoms with Crippen LogP contribution in [0.4, 0.5) is 15.3 Å². The van der Waals surface area contributed by atoms with Crippen molar-refractivity contribution in [2.45, 2.75) is 86.2 Å². The van der Waals surface area contributed by atoms with E-state index in [4.69, 9.17) is 4.74 Å². The predicted octanol–water partition coefficient (Wildman–Crippen LogP) is 7.92. The highest BCUT2D eigenvalue weighted by Crippen LogP contribution is 2.33. The Balaban J connectivity index is 0.00000172. The van der Waals surface area contributed by atoms with Gasteiger partial charge >= 0.3 is 12.2 Å². The van der Waals surface area contributed by atoms with Crippen LogP contribution in [-0.4, -0.2) is 96.1 Å². The minimum absolute atomic E-state index is 0.112. The zero-order valence-electron chi connectivity index (χ0n) is 35.4. The van der Waals surface area contributed by atoms with Gasteiger partial charge < -0.3 is 40.2 Å². The van der Waals surface area contributed by atoms with Gasteiger partial charge in [-0.25, -0.2) is 14.6 Å². The number of carbonyl (C=O) groups excluding carboxylic acids is 5. The standard InChI is InChI=1S/C39H47N7O7.C3H8.C2H6/c1-6-17-45(34(48)22-41-38(50)52-4)23-33(47)42-30-16-15-28-19-27(13-14-29(28)20-30)25-9-11-26(12-10-25)31-21-40-36(43-31)32-8-7-18-46(32)37(49)35(24(2)3)44-39(51)53-5;1-3-2;1-2/h9-16,19-21,24,32,35H,6-8,17-18,22-23H2,1-5H3,(H,40,43)(H,41,50)(H,42,47)(H,44,51);3H2,1-2H3;1-2H3. The van der Waals surface area contributed by atoms with Crippen molar-refractivity contribution in [2.75, 3.05) is 45.7 Å². The van der Waals surface area contributed by atoms with Gasteiger partial charge in [0.25, 0.3) is 0 Å². The minimum atomic E-state index is -0.712. The zero-order chi connectivity index (χ0) is 42.8. The van der Waals surface area contributed by atoms with Crippen LogP contribution in [-0.2, 0) is 23.9 Å². The molecule has 0 spiro atoms. The Labute approximate surface area is 342 Å². The molecule has 14 nitrogen and oxygen atoms in total. The highest BCUT2D eigenvalue weighted by Gasteiger charge is 2.37. The maximum absolute atomic E-state index is 13.5. The number of nitrogens with one attached hydrogen (secondary N) is 4. The summed E-state index contributed by atoms with van der Waals surface area (Å²) in [4.78, 5) is 73.4. The van der Waals surface area contributed by atoms with Crippen LogP contribution in [0.3, 0.4) is 0 Å². The predicted molar refractivity (Wildman–Crippen MR) is 228 cm³/mol. The lowest BCUT2D eigenvalue weighted by Gasteiger charge is -2.30. The summed E-state index contributed by atoms with van der Waals surface area (Å²) in [5, 5.41) is 9.85. The van der Waals surface area contributed by atoms with Crippen LogP contribution in [0.1, 0.15) is 86.0 Å². The van der Waals surface area contributed by atoms with E-state index in [0.717, 1.165) is 46.0 Å². The quantitative estimate of drug-likeness (QED) is 0.106. The molecule has 0 radical (unpaired) electrons. The first kappa shape index (κ1) is 46.5. The number of alkyl carbamates (subject to hydrolysis) is 2. The summed E-state index contributed by atoms with van der Waals surface area (Å²) >= 11 is 0. The van der Waals surface area contributed by atoms with Gasteiger partial charge in [-0.3, -0.25) is 14.4 Å². The fraction of sp³-hybridized carbons (Fsp3) is 0.455. The summed E-state index contributed by atoms with van der Waals surface area (Å²) in [6, 6.07) is 19.0. The first-order valence-electron chi connectivity index (χ1n) is 20.2. The molecular formula is C44H61N7O7. The molecule has 1 aliphatic heterocycles. The molecule has 2 unspecified atom stereocenters. The largest absolute Gasteiger partial charge is 0.453 e. The number of hydrogen-bond donors (Lipinski definition) is 4. The number of aromatic amines is 1. The number of H-pyrrole nitrogens is 1. The highest BCUT2D eigenvalue weighted by molar-refractivity contribution is 5.98. The molecular weight excluding hydrogens is 739 g/mol. The Morgan fingerprint density at radius 3 is 2.14 bits per heavy atom. The zero-order valence-corrected chi connectivity index (χ0v) is 35.4. The van der Waals surface area contributed by atoms with E-state index in [9.17, 15) is 24.0 Å². The number of aromatic nitrogens is 2. The number of amides is 5. The topological polar surface area (TPSA) is 175 Å². The SMILES string of the molecule is CC.CCC.CCCN(CC(=O)Nc1ccc2cc(-c3ccc(-c4cnc(C5CCCN5C(=O)C(NC(=O)OC)C(C)C)[nH]4)cc3)ccc2c1)C(=O)CNC(=O)OC. The van der Waals surface area contributed by atoms with Crippen molar-refractivity contribution < 1.29 is 33.4 Å². The fourth-order valence-corrected chi connectivity index (χ4v) is 6.46. The second-order valence-electron chi connectivity index (χ2n) is 14.0. The summed E-state index contributed by atoms with van der Waals surface area (Å²) in [5.41, 5.74) is 4.46. The van der Waals surface area contributed by atoms with Crippen molar-refractivity contribution in [3.63, 3.8) is 0 Å². The van der Waals surface area contributed by atoms with Gasteiger partial charge in [0.2, 0.25) is 17.7 Å². The normalized spacial score (nSPS) is 13.6. The first-order valence-corrected chi connectivity index (χ1v) is 20.2. The number of ether oxygens (including phenoxy) is 2. The van der Waals surface area contributed by atoms with Crippen LogP contribution < -0.4 is 16.0 Å². The molecule has 1 aliphatic rings. The van der Waals surface area contributed by atoms with Gasteiger partial charge in [0.1, 0.15) is 18.4 Å². The number of nitrogens with zero attached hydrogens (tertiary/aromatic N) is 3. The number of benzene rings is 3. The third-order valence-corrected chi connectivity index (χ3v) is 9.24. The Kier molecular flexibility index (Phi) is 18.7. The molecule has 0 saturated carbocycles. The number of fused-ring (bicyclic) bond motifs is 1. The van der Waals surface area contributed by atoms with Crippen molar-refractivity contribution >= 4 is 46.4 Å². The molecule has 0 bridgehead atoms. The molecule has 0 aliphatic carbocycles. The number of likely N-dealkylation sites (tertiary alicyclic amines) is 1. The van der Waals surface area contributed by atoms with Gasteiger partial charge in [-0.05, 0) is 70.8 Å². The Bertz CT molecular complexity index is 1960. The van der Waals surface area contributed by atoms with Gasteiger partial charge in [-0.15, -0.1) is 0 Å². The molecule has 14 heteroatoms. The molecule has 2 heterocycles. The lowest BCUT2D eigenvalue weighted by molar-refractivity contribution is -0.135. The van der Waals surface area contributed by atoms with Gasteiger partial charge in [-0.2, -0.15) is 0 Å². The van der Waals surface area contributed by atoms with E-state index in [2.05, 4.69) is 50.6 Å². The van der Waals surface area contributed by atoms with E-state index in [-0.39, 0.29) is 42.8 Å². The molecule has 3 aromatic carbocycles. The number of anilines is 1. The van der Waals surface area contributed by atoms with Crippen molar-refractivity contribution in [1.29, 1.82) is 0 Å². The smallest absolute Gasteiger partial charge is 0.407 e. The van der Waals surface area contributed by atoms with Crippen molar-refractivity contribution in [3.8, 4) is 22.4 Å². The van der Waals surface area contributed by atoms with Crippen LogP contribution in [0.2, 0.25) is 0 Å². The van der Waals surface area contributed by atoms with Gasteiger partial charge in [0, 0.05) is 18.8 Å². The van der Waals surface area contributed by atoms with E-state index in [1.807, 2.05) is 89.2 Å². The summed E-state index contributed by atoms with van der Waals surface area (Å²) in [6.45, 7) is 14.5. The molecule has 5 amide bonds. The van der Waals surface area contributed by atoms with E-state index < -0.39 is 18.2 Å². The molecule has 4 aromatic rings. The summed E-state index contributed by atoms with van der Waals surface area (Å²) < 4.78 is 9.25. The van der Waals surface area contributed by atoms with Crippen molar-refractivity contribution in [2.24, 2.45) is 5.92 Å². The monoisotopic (exact) mass is 799 g/mol. The average molecular weight is 800 g/mol. The van der Waals surface area contributed by atoms with E-state index in [1.54, 1.807) is 11.1 Å². The number of hydrogen-bond acceptors (Lipinski definition) is 8. The Morgan fingerprint density at radius 1 is 0.879 bits per heavy atom. The number of carbonyl (C=O) groups is 5. The third-order valence-electron chi connectivity index (χ3n) is 9.24. The lowest BCUT2D eigenvalue weighted by atomic mass is 9.99. The molecule has 1 fully saturated rings. The first-order chi connectivity index (χ1) is 27.9. The number of methoxy groups -OCH3 is 2. The fourth-order valence-electron chi connectivity index (χ4n) is 6.46. The maximum atomic E-state index is 13.5. The molecule has 1 saturated heterocycles. The highest BCUT2D eigenvalue weighted by atomic mass is 16.5. The summed E-state index contributed by atoms with van der Waals surface area (Å²) in [6.07, 6.45) is 3.95. The Morgan fingerprint density at radius 2 is 1.50 bits per heavy atom. The van der Waals surface area contributed by atoms with Gasteiger partial charge in [0.05, 0.1) is 38.7 Å². The van der Waals surface area contributed by atoms with Crippen LogP contribution in [0, 0.1) is 5.92 Å². The molecule has 4 N–H and O–H groups in total. The maximum Gasteiger partial charge on any atom is 0.407 e. The van der Waals surface area contributed by atoms with E-state index >= 15 is 0 Å². The van der Waals surface area contributed by atoms with Crippen molar-refractivity contribution in [1.82, 2.24) is 30.4 Å². The van der Waals surface area contributed by atoms with E-state index in [1.165, 1.54) is 25.5 Å². The minimum Gasteiger partial charge on any atom is -0.453 e. The molecule has 314 valence electrons. The van der Waals surface area contributed by atoms with Gasteiger partial charge in [0.15, 0.2) is 0 Å². The second kappa shape index (κ2) is 23.3. The average Bonchev–Trinajstić information content (AvgIpc) is 3.93. The summed E-state index contributed by atoms with van der Waals surface area (Å²) in [7, 11) is 2.50.